The molecule has 3 aromatic rings. The number of nitrogens with one attached hydrogen (secondary N) is 1. The van der Waals surface area contributed by atoms with Crippen molar-refractivity contribution in [1.82, 2.24) is 0 Å². The summed E-state index contributed by atoms with van der Waals surface area (Å²) < 4.78 is 27.9. The van der Waals surface area contributed by atoms with E-state index in [1.807, 2.05) is 12.1 Å². The van der Waals surface area contributed by atoms with E-state index in [-0.39, 0.29) is 22.4 Å². The van der Waals surface area contributed by atoms with Gasteiger partial charge < -0.3 is 5.32 Å². The first-order valence-electron chi connectivity index (χ1n) is 9.70. The number of sulfonamides is 1. The number of anilines is 2. The van der Waals surface area contributed by atoms with Gasteiger partial charge in [0.15, 0.2) is 0 Å². The van der Waals surface area contributed by atoms with Crippen LogP contribution in [0.2, 0.25) is 5.02 Å². The molecule has 0 saturated heterocycles. The van der Waals surface area contributed by atoms with Crippen molar-refractivity contribution in [2.75, 3.05) is 16.2 Å². The van der Waals surface area contributed by atoms with Crippen molar-refractivity contribution >= 4 is 50.2 Å². The number of amides is 1. The van der Waals surface area contributed by atoms with Crippen LogP contribution in [-0.2, 0) is 22.9 Å². The highest BCUT2D eigenvalue weighted by Gasteiger charge is 2.27. The highest BCUT2D eigenvalue weighted by molar-refractivity contribution is 7.93. The van der Waals surface area contributed by atoms with Crippen molar-refractivity contribution in [3.05, 3.63) is 74.9 Å². The lowest BCUT2D eigenvalue weighted by atomic mass is 10.2. The number of halogens is 1. The molecular weight excluding hydrogens is 440 g/mol. The summed E-state index contributed by atoms with van der Waals surface area (Å²) in [4.78, 5) is 14.5. The van der Waals surface area contributed by atoms with E-state index < -0.39 is 10.0 Å². The molecule has 5 nitrogen and oxygen atoms in total. The molecule has 0 bridgehead atoms. The summed E-state index contributed by atoms with van der Waals surface area (Å²) in [7, 11) is -3.90. The first-order valence-corrected chi connectivity index (χ1v) is 12.3. The minimum atomic E-state index is -3.90. The number of nitrogens with zero attached hydrogens (tertiary/aromatic N) is 1. The second kappa shape index (κ2) is 8.41. The predicted octanol–water partition coefficient (Wildman–Crippen LogP) is 5.36. The summed E-state index contributed by atoms with van der Waals surface area (Å²) in [5.74, 6) is -0.240. The first-order chi connectivity index (χ1) is 14.4. The zero-order chi connectivity index (χ0) is 21.3. The number of hydrogen-bond donors (Lipinski definition) is 1. The lowest BCUT2D eigenvalue weighted by molar-refractivity contribution is 0.103. The minimum absolute atomic E-state index is 0.0404. The summed E-state index contributed by atoms with van der Waals surface area (Å²) in [5.41, 5.74) is 2.19. The number of fused-ring (bicyclic) bond motifs is 1. The topological polar surface area (TPSA) is 66.5 Å². The molecule has 0 unspecified atom stereocenters. The van der Waals surface area contributed by atoms with Gasteiger partial charge in [-0.25, -0.2) is 8.42 Å². The van der Waals surface area contributed by atoms with E-state index in [4.69, 9.17) is 11.6 Å². The SMILES string of the molecule is CCN(c1ccccc1)S(=O)(=O)c1cc(NC(=O)c2cc3c(s2)CCC3)ccc1Cl. The van der Waals surface area contributed by atoms with E-state index in [0.717, 1.165) is 19.3 Å². The standard InChI is InChI=1S/C22H21ClN2O3S2/c1-2-25(17-8-4-3-5-9-17)30(27,28)21-14-16(11-12-18(21)23)24-22(26)20-13-15-7-6-10-19(15)29-20/h3-5,8-9,11-14H,2,6-7,10H2,1H3,(H,24,26). The molecule has 0 spiro atoms. The average molecular weight is 461 g/mol. The number of rotatable bonds is 6. The quantitative estimate of drug-likeness (QED) is 0.538. The second-order valence-electron chi connectivity index (χ2n) is 7.02. The molecule has 1 N–H and O–H groups in total. The van der Waals surface area contributed by atoms with E-state index in [1.54, 1.807) is 37.3 Å². The molecule has 1 aliphatic rings. The Morgan fingerprint density at radius 1 is 1.13 bits per heavy atom. The monoisotopic (exact) mass is 460 g/mol. The molecule has 0 fully saturated rings. The lowest BCUT2D eigenvalue weighted by Gasteiger charge is -2.23. The largest absolute Gasteiger partial charge is 0.321 e. The molecule has 0 atom stereocenters. The molecule has 1 aromatic heterocycles. The Labute approximate surface area is 185 Å². The van der Waals surface area contributed by atoms with Gasteiger partial charge in [0.1, 0.15) is 4.90 Å². The Hall–Kier alpha value is -2.35. The number of aryl methyl sites for hydroxylation is 2. The zero-order valence-electron chi connectivity index (χ0n) is 16.4. The van der Waals surface area contributed by atoms with Crippen molar-refractivity contribution in [3.63, 3.8) is 0 Å². The molecule has 1 heterocycles. The maximum absolute atomic E-state index is 13.3. The number of carbonyl (C=O) groups is 1. The highest BCUT2D eigenvalue weighted by atomic mass is 35.5. The molecule has 2 aromatic carbocycles. The van der Waals surface area contributed by atoms with Crippen LogP contribution in [0.25, 0.3) is 0 Å². The van der Waals surface area contributed by atoms with Crippen LogP contribution in [0.4, 0.5) is 11.4 Å². The molecule has 0 aliphatic heterocycles. The third kappa shape index (κ3) is 3.97. The normalized spacial score (nSPS) is 13.1. The van der Waals surface area contributed by atoms with Gasteiger partial charge in [0.25, 0.3) is 15.9 Å². The zero-order valence-corrected chi connectivity index (χ0v) is 18.8. The lowest BCUT2D eigenvalue weighted by Crippen LogP contribution is -2.31. The summed E-state index contributed by atoms with van der Waals surface area (Å²) in [6.07, 6.45) is 3.16. The van der Waals surface area contributed by atoms with Gasteiger partial charge in [-0.2, -0.15) is 0 Å². The van der Waals surface area contributed by atoms with Gasteiger partial charge >= 0.3 is 0 Å². The Balaban J connectivity index is 1.63. The fourth-order valence-corrected chi connectivity index (χ4v) is 6.74. The third-order valence-electron chi connectivity index (χ3n) is 5.06. The van der Waals surface area contributed by atoms with Crippen LogP contribution in [0, 0.1) is 0 Å². The van der Waals surface area contributed by atoms with E-state index in [0.29, 0.717) is 16.3 Å². The first kappa shape index (κ1) is 20.9. The van der Waals surface area contributed by atoms with Gasteiger partial charge in [0.05, 0.1) is 15.6 Å². The van der Waals surface area contributed by atoms with Gasteiger partial charge in [-0.3, -0.25) is 9.10 Å². The van der Waals surface area contributed by atoms with Crippen molar-refractivity contribution in [2.45, 2.75) is 31.1 Å². The summed E-state index contributed by atoms with van der Waals surface area (Å²) in [6, 6.07) is 15.3. The van der Waals surface area contributed by atoms with Crippen molar-refractivity contribution in [1.29, 1.82) is 0 Å². The van der Waals surface area contributed by atoms with Crippen LogP contribution in [0.5, 0.6) is 0 Å². The highest BCUT2D eigenvalue weighted by Crippen LogP contribution is 2.33. The number of para-hydroxylation sites is 1. The Morgan fingerprint density at radius 3 is 2.60 bits per heavy atom. The molecule has 0 saturated carbocycles. The van der Waals surface area contributed by atoms with Gasteiger partial charge in [-0.1, -0.05) is 29.8 Å². The fraction of sp³-hybridized carbons (Fsp3) is 0.227. The van der Waals surface area contributed by atoms with Gasteiger partial charge in [0.2, 0.25) is 0 Å². The molecule has 8 heteroatoms. The summed E-state index contributed by atoms with van der Waals surface area (Å²) in [6.45, 7) is 2.01. The van der Waals surface area contributed by atoms with Crippen LogP contribution in [0.1, 0.15) is 33.5 Å². The van der Waals surface area contributed by atoms with Crippen LogP contribution in [0.15, 0.2) is 59.5 Å². The molecular formula is C22H21ClN2O3S2. The van der Waals surface area contributed by atoms with E-state index >= 15 is 0 Å². The molecule has 30 heavy (non-hydrogen) atoms. The third-order valence-corrected chi connectivity index (χ3v) is 8.68. The average Bonchev–Trinajstić information content (AvgIpc) is 3.33. The maximum Gasteiger partial charge on any atom is 0.265 e. The van der Waals surface area contributed by atoms with E-state index in [9.17, 15) is 13.2 Å². The van der Waals surface area contributed by atoms with Crippen LogP contribution < -0.4 is 9.62 Å². The van der Waals surface area contributed by atoms with Crippen LogP contribution in [0.3, 0.4) is 0 Å². The molecule has 1 aliphatic carbocycles. The summed E-state index contributed by atoms with van der Waals surface area (Å²) in [5, 5.41) is 2.92. The number of thiophene rings is 1. The van der Waals surface area contributed by atoms with E-state index in [1.165, 1.54) is 38.2 Å². The van der Waals surface area contributed by atoms with Gasteiger partial charge in [-0.15, -0.1) is 11.3 Å². The van der Waals surface area contributed by atoms with E-state index in [2.05, 4.69) is 5.32 Å². The summed E-state index contributed by atoms with van der Waals surface area (Å²) >= 11 is 7.76. The second-order valence-corrected chi connectivity index (χ2v) is 10.4. The number of carbonyl (C=O) groups excluding carboxylic acids is 1. The number of benzene rings is 2. The van der Waals surface area contributed by atoms with Gasteiger partial charge in [-0.05, 0) is 68.1 Å². The van der Waals surface area contributed by atoms with Gasteiger partial charge in [0, 0.05) is 17.1 Å². The van der Waals surface area contributed by atoms with Crippen molar-refractivity contribution in [2.24, 2.45) is 0 Å². The molecule has 4 rings (SSSR count). The smallest absolute Gasteiger partial charge is 0.265 e. The van der Waals surface area contributed by atoms with Crippen molar-refractivity contribution < 1.29 is 13.2 Å². The molecule has 0 radical (unpaired) electrons. The molecule has 1 amide bonds. The Bertz CT molecular complexity index is 1170. The Morgan fingerprint density at radius 2 is 1.90 bits per heavy atom. The molecule has 156 valence electrons. The van der Waals surface area contributed by atoms with Crippen LogP contribution in [-0.4, -0.2) is 20.9 Å². The van der Waals surface area contributed by atoms with Crippen LogP contribution >= 0.6 is 22.9 Å². The Kier molecular flexibility index (Phi) is 5.86. The maximum atomic E-state index is 13.3. The van der Waals surface area contributed by atoms with Crippen molar-refractivity contribution in [3.8, 4) is 0 Å². The minimum Gasteiger partial charge on any atom is -0.321 e. The predicted molar refractivity (Wildman–Crippen MR) is 122 cm³/mol. The number of hydrogen-bond acceptors (Lipinski definition) is 4. The fourth-order valence-electron chi connectivity index (χ4n) is 3.62.